The maximum absolute atomic E-state index is 12.9. The highest BCUT2D eigenvalue weighted by atomic mass is 19.4. The lowest BCUT2D eigenvalue weighted by molar-refractivity contribution is -0.163. The second kappa shape index (κ2) is 6.22. The van der Waals surface area contributed by atoms with Crippen LogP contribution in [0.4, 0.5) is 18.0 Å². The van der Waals surface area contributed by atoms with Gasteiger partial charge in [-0.1, -0.05) is 6.07 Å². The molecule has 0 radical (unpaired) electrons. The molecule has 9 heteroatoms. The van der Waals surface area contributed by atoms with Gasteiger partial charge in [0.05, 0.1) is 0 Å². The van der Waals surface area contributed by atoms with Crippen LogP contribution in [-0.2, 0) is 4.79 Å². The second-order valence-corrected chi connectivity index (χ2v) is 4.02. The standard InChI is InChI=1S/C11H13F3N4O2/c1-18(10(15)20)6-8(19)17-9(11(12,13)14)7-3-2-4-16-5-7/h2-5,9H,6H2,1H3,(H2,15,20)(H,17,19)/t9-/m1/s1. The van der Waals surface area contributed by atoms with E-state index in [9.17, 15) is 22.8 Å². The lowest BCUT2D eigenvalue weighted by Gasteiger charge is -2.23. The van der Waals surface area contributed by atoms with Crippen LogP contribution < -0.4 is 11.1 Å². The fourth-order valence-corrected chi connectivity index (χ4v) is 1.40. The van der Waals surface area contributed by atoms with Gasteiger partial charge in [0.15, 0.2) is 6.04 Å². The van der Waals surface area contributed by atoms with E-state index in [-0.39, 0.29) is 5.56 Å². The van der Waals surface area contributed by atoms with E-state index in [2.05, 4.69) is 4.98 Å². The average Bonchev–Trinajstić information content (AvgIpc) is 2.35. The van der Waals surface area contributed by atoms with Gasteiger partial charge in [0, 0.05) is 25.0 Å². The number of alkyl halides is 3. The minimum Gasteiger partial charge on any atom is -0.351 e. The zero-order chi connectivity index (χ0) is 15.3. The highest BCUT2D eigenvalue weighted by Gasteiger charge is 2.42. The van der Waals surface area contributed by atoms with E-state index in [0.717, 1.165) is 11.1 Å². The number of halogens is 3. The van der Waals surface area contributed by atoms with Gasteiger partial charge in [-0.3, -0.25) is 9.78 Å². The molecule has 0 spiro atoms. The van der Waals surface area contributed by atoms with Crippen molar-refractivity contribution >= 4 is 11.9 Å². The van der Waals surface area contributed by atoms with Crippen LogP contribution in [0.2, 0.25) is 0 Å². The highest BCUT2D eigenvalue weighted by Crippen LogP contribution is 2.32. The Balaban J connectivity index is 2.82. The molecule has 3 N–H and O–H groups in total. The molecule has 20 heavy (non-hydrogen) atoms. The number of hydrogen-bond donors (Lipinski definition) is 2. The summed E-state index contributed by atoms with van der Waals surface area (Å²) in [6.07, 6.45) is -2.35. The van der Waals surface area contributed by atoms with Gasteiger partial charge in [-0.05, 0) is 6.07 Å². The molecule has 0 aliphatic heterocycles. The van der Waals surface area contributed by atoms with Gasteiger partial charge in [0.25, 0.3) is 0 Å². The SMILES string of the molecule is CN(CC(=O)N[C@H](c1cccnc1)C(F)(F)F)C(N)=O. The number of rotatable bonds is 4. The lowest BCUT2D eigenvalue weighted by Crippen LogP contribution is -2.45. The number of amides is 3. The molecule has 0 unspecified atom stereocenters. The summed E-state index contributed by atoms with van der Waals surface area (Å²) in [6.45, 7) is -0.567. The summed E-state index contributed by atoms with van der Waals surface area (Å²) in [6, 6.07) is -0.575. The van der Waals surface area contributed by atoms with Crippen molar-refractivity contribution in [1.82, 2.24) is 15.2 Å². The maximum Gasteiger partial charge on any atom is 0.412 e. The van der Waals surface area contributed by atoms with E-state index >= 15 is 0 Å². The molecule has 0 aliphatic carbocycles. The van der Waals surface area contributed by atoms with Crippen LogP contribution >= 0.6 is 0 Å². The van der Waals surface area contributed by atoms with Crippen LogP contribution in [0.5, 0.6) is 0 Å². The molecule has 6 nitrogen and oxygen atoms in total. The molecule has 110 valence electrons. The Bertz CT molecular complexity index is 478. The first-order chi connectivity index (χ1) is 9.21. The Hall–Kier alpha value is -2.32. The van der Waals surface area contributed by atoms with E-state index in [1.165, 1.54) is 25.4 Å². The first-order valence-corrected chi connectivity index (χ1v) is 5.48. The first kappa shape index (κ1) is 15.7. The first-order valence-electron chi connectivity index (χ1n) is 5.48. The average molecular weight is 290 g/mol. The summed E-state index contributed by atoms with van der Waals surface area (Å²) in [7, 11) is 1.20. The van der Waals surface area contributed by atoms with Crippen LogP contribution in [0.3, 0.4) is 0 Å². The maximum atomic E-state index is 12.9. The molecular formula is C11H13F3N4O2. The topological polar surface area (TPSA) is 88.3 Å². The van der Waals surface area contributed by atoms with Crippen molar-refractivity contribution in [2.75, 3.05) is 13.6 Å². The normalized spacial score (nSPS) is 12.6. The van der Waals surface area contributed by atoms with Gasteiger partial charge in [-0.15, -0.1) is 0 Å². The lowest BCUT2D eigenvalue weighted by atomic mass is 10.1. The fourth-order valence-electron chi connectivity index (χ4n) is 1.40. The minimum atomic E-state index is -4.68. The molecule has 0 saturated heterocycles. The summed E-state index contributed by atoms with van der Waals surface area (Å²) in [5.74, 6) is -0.975. The van der Waals surface area contributed by atoms with Crippen molar-refractivity contribution in [2.45, 2.75) is 12.2 Å². The van der Waals surface area contributed by atoms with Crippen LogP contribution in [0, 0.1) is 0 Å². The van der Waals surface area contributed by atoms with E-state index in [1.807, 2.05) is 0 Å². The van der Waals surface area contributed by atoms with Crippen LogP contribution in [-0.4, -0.2) is 41.6 Å². The van der Waals surface area contributed by atoms with E-state index in [1.54, 1.807) is 5.32 Å². The number of nitrogens with two attached hydrogens (primary N) is 1. The Morgan fingerprint density at radius 3 is 2.60 bits per heavy atom. The Morgan fingerprint density at radius 1 is 1.50 bits per heavy atom. The Kier molecular flexibility index (Phi) is 4.89. The van der Waals surface area contributed by atoms with Gasteiger partial charge in [-0.25, -0.2) is 4.79 Å². The van der Waals surface area contributed by atoms with E-state index in [4.69, 9.17) is 5.73 Å². The third-order valence-electron chi connectivity index (χ3n) is 2.41. The monoisotopic (exact) mass is 290 g/mol. The third kappa shape index (κ3) is 4.41. The van der Waals surface area contributed by atoms with Crippen molar-refractivity contribution in [1.29, 1.82) is 0 Å². The van der Waals surface area contributed by atoms with E-state index in [0.29, 0.717) is 0 Å². The van der Waals surface area contributed by atoms with Crippen LogP contribution in [0.1, 0.15) is 11.6 Å². The molecule has 1 aromatic heterocycles. The molecular weight excluding hydrogens is 277 g/mol. The zero-order valence-corrected chi connectivity index (χ0v) is 10.5. The number of carbonyl (C=O) groups is 2. The van der Waals surface area contributed by atoms with Crippen molar-refractivity contribution in [2.24, 2.45) is 5.73 Å². The molecule has 0 bridgehead atoms. The fraction of sp³-hybridized carbons (Fsp3) is 0.364. The summed E-state index contributed by atoms with van der Waals surface area (Å²) in [5, 5.41) is 1.81. The van der Waals surface area contributed by atoms with Gasteiger partial charge in [-0.2, -0.15) is 13.2 Å². The molecule has 1 aromatic rings. The predicted octanol–water partition coefficient (Wildman–Crippen LogP) is 0.812. The smallest absolute Gasteiger partial charge is 0.351 e. The summed E-state index contributed by atoms with van der Waals surface area (Å²) in [5.41, 5.74) is 4.69. The molecule has 1 atom stereocenters. The molecule has 0 aliphatic rings. The van der Waals surface area contributed by atoms with E-state index < -0.39 is 30.7 Å². The highest BCUT2D eigenvalue weighted by molar-refractivity contribution is 5.83. The molecule has 0 fully saturated rings. The van der Waals surface area contributed by atoms with Gasteiger partial charge >= 0.3 is 12.2 Å². The van der Waals surface area contributed by atoms with Gasteiger partial charge in [0.1, 0.15) is 6.54 Å². The molecule has 0 aromatic carbocycles. The van der Waals surface area contributed by atoms with Gasteiger partial charge < -0.3 is 16.0 Å². The van der Waals surface area contributed by atoms with Gasteiger partial charge in [0.2, 0.25) is 5.91 Å². The summed E-state index contributed by atoms with van der Waals surface area (Å²) in [4.78, 5) is 26.6. The summed E-state index contributed by atoms with van der Waals surface area (Å²) >= 11 is 0. The quantitative estimate of drug-likeness (QED) is 0.860. The van der Waals surface area contributed by atoms with Crippen molar-refractivity contribution in [3.05, 3.63) is 30.1 Å². The third-order valence-corrected chi connectivity index (χ3v) is 2.41. The Morgan fingerprint density at radius 2 is 2.15 bits per heavy atom. The zero-order valence-electron chi connectivity index (χ0n) is 10.5. The second-order valence-electron chi connectivity index (χ2n) is 4.02. The number of aromatic nitrogens is 1. The number of pyridine rings is 1. The number of carbonyl (C=O) groups excluding carboxylic acids is 2. The van der Waals surface area contributed by atoms with Crippen molar-refractivity contribution in [3.63, 3.8) is 0 Å². The van der Waals surface area contributed by atoms with Crippen LogP contribution in [0.25, 0.3) is 0 Å². The minimum absolute atomic E-state index is 0.199. The molecule has 1 heterocycles. The largest absolute Gasteiger partial charge is 0.412 e. The summed E-state index contributed by atoms with van der Waals surface area (Å²) < 4.78 is 38.7. The number of nitrogens with one attached hydrogen (secondary N) is 1. The molecule has 1 rings (SSSR count). The number of likely N-dealkylation sites (N-methyl/N-ethyl adjacent to an activating group) is 1. The van der Waals surface area contributed by atoms with Crippen molar-refractivity contribution in [3.8, 4) is 0 Å². The van der Waals surface area contributed by atoms with Crippen LogP contribution in [0.15, 0.2) is 24.5 Å². The number of primary amides is 1. The number of urea groups is 1. The molecule has 0 saturated carbocycles. The Labute approximate surface area is 112 Å². The predicted molar refractivity (Wildman–Crippen MR) is 63.4 cm³/mol. The molecule has 3 amide bonds. The number of hydrogen-bond acceptors (Lipinski definition) is 3. The van der Waals surface area contributed by atoms with Crippen molar-refractivity contribution < 1.29 is 22.8 Å². The number of nitrogens with zero attached hydrogens (tertiary/aromatic N) is 2.